The molecule has 0 saturated heterocycles. The molecule has 0 aliphatic carbocycles. The Hall–Kier alpha value is -2.90. The van der Waals surface area contributed by atoms with Gasteiger partial charge in [0.2, 0.25) is 17.7 Å². The van der Waals surface area contributed by atoms with E-state index in [1.807, 2.05) is 0 Å². The summed E-state index contributed by atoms with van der Waals surface area (Å²) in [6.07, 6.45) is 0. The zero-order chi connectivity index (χ0) is 16.0. The summed E-state index contributed by atoms with van der Waals surface area (Å²) in [5.41, 5.74) is 0.212. The zero-order valence-electron chi connectivity index (χ0n) is 11.5. The molecule has 8 nitrogen and oxygen atoms in total. The first-order chi connectivity index (χ1) is 9.79. The molecular formula is C13H15N3O5. The van der Waals surface area contributed by atoms with Crippen LogP contribution in [0.1, 0.15) is 24.2 Å². The lowest BCUT2D eigenvalue weighted by molar-refractivity contribution is -0.122. The van der Waals surface area contributed by atoms with Crippen LogP contribution in [0.2, 0.25) is 0 Å². The van der Waals surface area contributed by atoms with E-state index >= 15 is 0 Å². The van der Waals surface area contributed by atoms with Crippen molar-refractivity contribution in [2.24, 2.45) is 0 Å². The van der Waals surface area contributed by atoms with E-state index in [-0.39, 0.29) is 29.6 Å². The first-order valence-electron chi connectivity index (χ1n) is 5.99. The Kier molecular flexibility index (Phi) is 5.41. The molecule has 1 rings (SSSR count). The predicted molar refractivity (Wildman–Crippen MR) is 75.0 cm³/mol. The van der Waals surface area contributed by atoms with Crippen LogP contribution < -0.4 is 16.0 Å². The maximum Gasteiger partial charge on any atom is 0.337 e. The summed E-state index contributed by atoms with van der Waals surface area (Å²) < 4.78 is 0. The summed E-state index contributed by atoms with van der Waals surface area (Å²) in [5, 5.41) is 16.2. The second kappa shape index (κ2) is 7.04. The highest BCUT2D eigenvalue weighted by atomic mass is 16.4. The van der Waals surface area contributed by atoms with Crippen molar-refractivity contribution in [3.8, 4) is 0 Å². The monoisotopic (exact) mass is 293 g/mol. The van der Waals surface area contributed by atoms with Crippen LogP contribution in [-0.4, -0.2) is 35.3 Å². The van der Waals surface area contributed by atoms with Crippen LogP contribution in [0.3, 0.4) is 0 Å². The van der Waals surface area contributed by atoms with Crippen molar-refractivity contribution in [2.75, 3.05) is 17.2 Å². The van der Waals surface area contributed by atoms with Crippen molar-refractivity contribution >= 4 is 35.1 Å². The number of rotatable bonds is 5. The number of carboxylic acid groups (broad SMARTS) is 1. The van der Waals surface area contributed by atoms with Gasteiger partial charge in [0.05, 0.1) is 17.8 Å². The number of nitrogens with one attached hydrogen (secondary N) is 3. The van der Waals surface area contributed by atoms with Crippen LogP contribution in [0.15, 0.2) is 18.2 Å². The second-order valence-corrected chi connectivity index (χ2v) is 4.20. The Morgan fingerprint density at radius 2 is 1.71 bits per heavy atom. The Morgan fingerprint density at radius 1 is 1.05 bits per heavy atom. The third-order valence-corrected chi connectivity index (χ3v) is 2.34. The average molecular weight is 293 g/mol. The molecule has 0 radical (unpaired) electrons. The van der Waals surface area contributed by atoms with E-state index in [4.69, 9.17) is 5.11 Å². The minimum absolute atomic E-state index is 0.0759. The fourth-order valence-electron chi connectivity index (χ4n) is 1.51. The van der Waals surface area contributed by atoms with Crippen molar-refractivity contribution < 1.29 is 24.3 Å². The van der Waals surface area contributed by atoms with Crippen molar-refractivity contribution in [2.45, 2.75) is 13.8 Å². The lowest BCUT2D eigenvalue weighted by Crippen LogP contribution is -2.31. The number of carboxylic acids is 1. The summed E-state index contributed by atoms with van der Waals surface area (Å²) in [5.74, 6) is -2.52. The molecule has 0 unspecified atom stereocenters. The molecule has 0 atom stereocenters. The first-order valence-corrected chi connectivity index (χ1v) is 5.99. The molecule has 0 bridgehead atoms. The van der Waals surface area contributed by atoms with Gasteiger partial charge in [-0.3, -0.25) is 14.4 Å². The van der Waals surface area contributed by atoms with Crippen LogP contribution in [0.5, 0.6) is 0 Å². The van der Waals surface area contributed by atoms with E-state index in [1.54, 1.807) is 0 Å². The molecule has 112 valence electrons. The van der Waals surface area contributed by atoms with Crippen molar-refractivity contribution in [3.63, 3.8) is 0 Å². The SMILES string of the molecule is CC(=O)NCC(=O)Nc1ccc(NC(C)=O)cc1C(=O)O. The van der Waals surface area contributed by atoms with Crippen molar-refractivity contribution in [1.82, 2.24) is 5.32 Å². The molecule has 0 saturated carbocycles. The van der Waals surface area contributed by atoms with Gasteiger partial charge in [-0.25, -0.2) is 4.79 Å². The van der Waals surface area contributed by atoms with E-state index in [0.717, 1.165) is 0 Å². The third kappa shape index (κ3) is 5.31. The number of hydrogen-bond acceptors (Lipinski definition) is 4. The van der Waals surface area contributed by atoms with Crippen molar-refractivity contribution in [3.05, 3.63) is 23.8 Å². The topological polar surface area (TPSA) is 125 Å². The Morgan fingerprint density at radius 3 is 2.24 bits per heavy atom. The van der Waals surface area contributed by atoms with Gasteiger partial charge in [-0.15, -0.1) is 0 Å². The van der Waals surface area contributed by atoms with Crippen LogP contribution in [0.25, 0.3) is 0 Å². The maximum absolute atomic E-state index is 11.6. The molecular weight excluding hydrogens is 278 g/mol. The van der Waals surface area contributed by atoms with E-state index < -0.39 is 11.9 Å². The van der Waals surface area contributed by atoms with Gasteiger partial charge in [0.1, 0.15) is 0 Å². The molecule has 0 heterocycles. The van der Waals surface area contributed by atoms with Crippen LogP contribution in [-0.2, 0) is 14.4 Å². The van der Waals surface area contributed by atoms with Gasteiger partial charge >= 0.3 is 5.97 Å². The summed E-state index contributed by atoms with van der Waals surface area (Å²) in [6.45, 7) is 2.30. The molecule has 8 heteroatoms. The number of carbonyl (C=O) groups excluding carboxylic acids is 3. The number of carbonyl (C=O) groups is 4. The lowest BCUT2D eigenvalue weighted by atomic mass is 10.1. The Balaban J connectivity index is 2.91. The molecule has 0 aliphatic rings. The normalized spacial score (nSPS) is 9.62. The standard InChI is InChI=1S/C13H15N3O5/c1-7(17)14-6-12(19)16-11-4-3-9(15-8(2)18)5-10(11)13(20)21/h3-5H,6H2,1-2H3,(H,14,17)(H,15,18)(H,16,19)(H,20,21). The summed E-state index contributed by atoms with van der Waals surface area (Å²) in [7, 11) is 0. The molecule has 0 aromatic heterocycles. The fraction of sp³-hybridized carbons (Fsp3) is 0.231. The first kappa shape index (κ1) is 16.2. The molecule has 21 heavy (non-hydrogen) atoms. The number of benzene rings is 1. The van der Waals surface area contributed by atoms with Crippen molar-refractivity contribution in [1.29, 1.82) is 0 Å². The number of anilines is 2. The van der Waals surface area contributed by atoms with E-state index in [0.29, 0.717) is 5.69 Å². The molecule has 4 N–H and O–H groups in total. The highest BCUT2D eigenvalue weighted by Crippen LogP contribution is 2.20. The predicted octanol–water partition coefficient (Wildman–Crippen LogP) is 0.418. The van der Waals surface area contributed by atoms with Crippen LogP contribution in [0, 0.1) is 0 Å². The average Bonchev–Trinajstić information content (AvgIpc) is 2.37. The fourth-order valence-corrected chi connectivity index (χ4v) is 1.51. The molecule has 1 aromatic carbocycles. The summed E-state index contributed by atoms with van der Waals surface area (Å²) in [6, 6.07) is 4.06. The molecule has 3 amide bonds. The third-order valence-electron chi connectivity index (χ3n) is 2.34. The maximum atomic E-state index is 11.6. The van der Waals surface area contributed by atoms with E-state index in [2.05, 4.69) is 16.0 Å². The van der Waals surface area contributed by atoms with Gasteiger partial charge < -0.3 is 21.1 Å². The van der Waals surface area contributed by atoms with Gasteiger partial charge in [0, 0.05) is 19.5 Å². The van der Waals surface area contributed by atoms with Crippen LogP contribution in [0.4, 0.5) is 11.4 Å². The highest BCUT2D eigenvalue weighted by molar-refractivity contribution is 6.03. The van der Waals surface area contributed by atoms with E-state index in [9.17, 15) is 19.2 Å². The lowest BCUT2D eigenvalue weighted by Gasteiger charge is -2.11. The number of aromatic carboxylic acids is 1. The van der Waals surface area contributed by atoms with Gasteiger partial charge in [-0.2, -0.15) is 0 Å². The largest absolute Gasteiger partial charge is 0.478 e. The Labute approximate surface area is 120 Å². The molecule has 0 spiro atoms. The van der Waals surface area contributed by atoms with E-state index in [1.165, 1.54) is 32.0 Å². The van der Waals surface area contributed by atoms with Gasteiger partial charge in [-0.1, -0.05) is 0 Å². The molecule has 0 aliphatic heterocycles. The minimum Gasteiger partial charge on any atom is -0.478 e. The zero-order valence-corrected chi connectivity index (χ0v) is 11.5. The van der Waals surface area contributed by atoms with Gasteiger partial charge in [0.15, 0.2) is 0 Å². The molecule has 0 fully saturated rings. The summed E-state index contributed by atoms with van der Waals surface area (Å²) >= 11 is 0. The number of hydrogen-bond donors (Lipinski definition) is 4. The van der Waals surface area contributed by atoms with Gasteiger partial charge in [-0.05, 0) is 18.2 Å². The highest BCUT2D eigenvalue weighted by Gasteiger charge is 2.14. The second-order valence-electron chi connectivity index (χ2n) is 4.20. The summed E-state index contributed by atoms with van der Waals surface area (Å²) in [4.78, 5) is 44.4. The smallest absolute Gasteiger partial charge is 0.337 e. The molecule has 1 aromatic rings. The quantitative estimate of drug-likeness (QED) is 0.626. The van der Waals surface area contributed by atoms with Crippen LogP contribution >= 0.6 is 0 Å². The number of amides is 3. The Bertz CT molecular complexity index is 597. The van der Waals surface area contributed by atoms with Gasteiger partial charge in [0.25, 0.3) is 0 Å². The minimum atomic E-state index is -1.25.